The molecule has 1 aromatic carbocycles. The SMILES string of the molecule is Cc1ccc2nnc(CCc3cccc(N)c3)n2c1. The van der Waals surface area contributed by atoms with Gasteiger partial charge in [0.2, 0.25) is 0 Å². The summed E-state index contributed by atoms with van der Waals surface area (Å²) in [4.78, 5) is 0. The molecule has 0 bridgehead atoms. The quantitative estimate of drug-likeness (QED) is 0.728. The lowest BCUT2D eigenvalue weighted by atomic mass is 10.1. The lowest BCUT2D eigenvalue weighted by molar-refractivity contribution is 0.838. The molecule has 2 N–H and O–H groups in total. The normalized spacial score (nSPS) is 11.0. The second kappa shape index (κ2) is 4.72. The fourth-order valence-electron chi connectivity index (χ4n) is 2.22. The van der Waals surface area contributed by atoms with Gasteiger partial charge in [0, 0.05) is 18.3 Å². The maximum atomic E-state index is 5.78. The van der Waals surface area contributed by atoms with E-state index in [4.69, 9.17) is 5.73 Å². The first kappa shape index (κ1) is 11.7. The minimum atomic E-state index is 0.805. The zero-order valence-electron chi connectivity index (χ0n) is 10.9. The van der Waals surface area contributed by atoms with E-state index >= 15 is 0 Å². The maximum Gasteiger partial charge on any atom is 0.160 e. The van der Waals surface area contributed by atoms with Gasteiger partial charge >= 0.3 is 0 Å². The summed E-state index contributed by atoms with van der Waals surface area (Å²) in [7, 11) is 0. The Hall–Kier alpha value is -2.36. The Labute approximate surface area is 111 Å². The second-order valence-electron chi connectivity index (χ2n) is 4.80. The van der Waals surface area contributed by atoms with Gasteiger partial charge in [-0.05, 0) is 42.7 Å². The van der Waals surface area contributed by atoms with Crippen LogP contribution in [0.1, 0.15) is 17.0 Å². The largest absolute Gasteiger partial charge is 0.399 e. The van der Waals surface area contributed by atoms with Gasteiger partial charge < -0.3 is 5.73 Å². The van der Waals surface area contributed by atoms with Crippen molar-refractivity contribution in [2.45, 2.75) is 19.8 Å². The number of fused-ring (bicyclic) bond motifs is 1. The number of hydrogen-bond donors (Lipinski definition) is 1. The van der Waals surface area contributed by atoms with Crippen molar-refractivity contribution in [2.75, 3.05) is 5.73 Å². The molecule has 0 aliphatic rings. The van der Waals surface area contributed by atoms with Gasteiger partial charge in [-0.15, -0.1) is 10.2 Å². The lowest BCUT2D eigenvalue weighted by Crippen LogP contribution is -1.99. The molecule has 19 heavy (non-hydrogen) atoms. The van der Waals surface area contributed by atoms with Gasteiger partial charge in [-0.2, -0.15) is 0 Å². The van der Waals surface area contributed by atoms with Crippen molar-refractivity contribution in [3.8, 4) is 0 Å². The van der Waals surface area contributed by atoms with E-state index in [1.54, 1.807) is 0 Å². The molecule has 0 aliphatic carbocycles. The van der Waals surface area contributed by atoms with Crippen LogP contribution in [-0.4, -0.2) is 14.6 Å². The van der Waals surface area contributed by atoms with Crippen molar-refractivity contribution in [1.29, 1.82) is 0 Å². The molecule has 3 aromatic rings. The van der Waals surface area contributed by atoms with Crippen molar-refractivity contribution in [1.82, 2.24) is 14.6 Å². The number of aromatic nitrogens is 3. The summed E-state index contributed by atoms with van der Waals surface area (Å²) >= 11 is 0. The third-order valence-corrected chi connectivity index (χ3v) is 3.21. The molecule has 4 heteroatoms. The van der Waals surface area contributed by atoms with Gasteiger partial charge in [0.25, 0.3) is 0 Å². The number of pyridine rings is 1. The van der Waals surface area contributed by atoms with E-state index in [2.05, 4.69) is 33.8 Å². The third kappa shape index (κ3) is 2.42. The van der Waals surface area contributed by atoms with Crippen LogP contribution in [0.2, 0.25) is 0 Å². The number of nitrogen functional groups attached to an aromatic ring is 1. The van der Waals surface area contributed by atoms with Gasteiger partial charge in [0.05, 0.1) is 0 Å². The molecule has 0 fully saturated rings. The van der Waals surface area contributed by atoms with E-state index in [0.29, 0.717) is 0 Å². The molecule has 4 nitrogen and oxygen atoms in total. The summed E-state index contributed by atoms with van der Waals surface area (Å²) in [5.74, 6) is 0.987. The molecule has 0 radical (unpaired) electrons. The standard InChI is InChI=1S/C15H16N4/c1-11-5-7-14-17-18-15(19(14)10-11)8-6-12-3-2-4-13(16)9-12/h2-5,7,9-10H,6,8,16H2,1H3. The van der Waals surface area contributed by atoms with Gasteiger partial charge in [-0.3, -0.25) is 4.40 Å². The van der Waals surface area contributed by atoms with Crippen LogP contribution in [0.15, 0.2) is 42.6 Å². The number of hydrogen-bond acceptors (Lipinski definition) is 3. The number of aryl methyl sites for hydroxylation is 3. The maximum absolute atomic E-state index is 5.78. The molecule has 0 atom stereocenters. The lowest BCUT2D eigenvalue weighted by Gasteiger charge is -2.03. The summed E-state index contributed by atoms with van der Waals surface area (Å²) in [5, 5.41) is 8.43. The van der Waals surface area contributed by atoms with Crippen molar-refractivity contribution < 1.29 is 0 Å². The monoisotopic (exact) mass is 252 g/mol. The molecule has 2 aromatic heterocycles. The first-order valence-corrected chi connectivity index (χ1v) is 6.37. The van der Waals surface area contributed by atoms with E-state index < -0.39 is 0 Å². The summed E-state index contributed by atoms with van der Waals surface area (Å²) in [6.45, 7) is 2.07. The van der Waals surface area contributed by atoms with Crippen LogP contribution in [0.5, 0.6) is 0 Å². The number of nitrogens with zero attached hydrogens (tertiary/aromatic N) is 3. The van der Waals surface area contributed by atoms with Gasteiger partial charge in [0.1, 0.15) is 5.82 Å². The first-order valence-electron chi connectivity index (χ1n) is 6.37. The van der Waals surface area contributed by atoms with Crippen LogP contribution >= 0.6 is 0 Å². The van der Waals surface area contributed by atoms with Crippen molar-refractivity contribution in [3.63, 3.8) is 0 Å². The average molecular weight is 252 g/mol. The summed E-state index contributed by atoms with van der Waals surface area (Å²) in [5.41, 5.74) is 9.92. The first-order chi connectivity index (χ1) is 9.22. The highest BCUT2D eigenvalue weighted by Gasteiger charge is 2.05. The highest BCUT2D eigenvalue weighted by molar-refractivity contribution is 5.41. The Kier molecular flexibility index (Phi) is 2.91. The van der Waals surface area contributed by atoms with Crippen molar-refractivity contribution >= 4 is 11.3 Å². The zero-order valence-corrected chi connectivity index (χ0v) is 10.9. The highest BCUT2D eigenvalue weighted by Crippen LogP contribution is 2.11. The smallest absolute Gasteiger partial charge is 0.160 e. The average Bonchev–Trinajstić information content (AvgIpc) is 2.79. The molecule has 96 valence electrons. The third-order valence-electron chi connectivity index (χ3n) is 3.21. The molecule has 0 saturated heterocycles. The van der Waals surface area contributed by atoms with Crippen LogP contribution in [-0.2, 0) is 12.8 Å². The minimum Gasteiger partial charge on any atom is -0.399 e. The topological polar surface area (TPSA) is 56.2 Å². The predicted molar refractivity (Wildman–Crippen MR) is 76.0 cm³/mol. The fraction of sp³-hybridized carbons (Fsp3) is 0.200. The Morgan fingerprint density at radius 1 is 1.11 bits per heavy atom. The Morgan fingerprint density at radius 3 is 2.84 bits per heavy atom. The molecule has 3 rings (SSSR count). The molecule has 0 amide bonds. The summed E-state index contributed by atoms with van der Waals surface area (Å²) < 4.78 is 2.06. The Balaban J connectivity index is 1.84. The number of nitrogens with two attached hydrogens (primary N) is 1. The Morgan fingerprint density at radius 2 is 2.00 bits per heavy atom. The highest BCUT2D eigenvalue weighted by atomic mass is 15.2. The van der Waals surface area contributed by atoms with E-state index in [-0.39, 0.29) is 0 Å². The van der Waals surface area contributed by atoms with Gasteiger partial charge in [0.15, 0.2) is 5.65 Å². The molecular formula is C15H16N4. The van der Waals surface area contributed by atoms with Crippen LogP contribution in [0, 0.1) is 6.92 Å². The molecular weight excluding hydrogens is 236 g/mol. The number of benzene rings is 1. The van der Waals surface area contributed by atoms with Crippen molar-refractivity contribution in [3.05, 3.63) is 59.5 Å². The van der Waals surface area contributed by atoms with Crippen LogP contribution in [0.25, 0.3) is 5.65 Å². The molecule has 0 unspecified atom stereocenters. The predicted octanol–water partition coefficient (Wildman–Crippen LogP) is 2.41. The zero-order chi connectivity index (χ0) is 13.2. The van der Waals surface area contributed by atoms with Gasteiger partial charge in [-0.1, -0.05) is 18.2 Å². The van der Waals surface area contributed by atoms with Crippen LogP contribution < -0.4 is 5.73 Å². The number of rotatable bonds is 3. The summed E-state index contributed by atoms with van der Waals surface area (Å²) in [6, 6.07) is 12.0. The Bertz CT molecular complexity index is 715. The van der Waals surface area contributed by atoms with Gasteiger partial charge in [-0.25, -0.2) is 0 Å². The fourth-order valence-corrected chi connectivity index (χ4v) is 2.22. The van der Waals surface area contributed by atoms with E-state index in [1.165, 1.54) is 11.1 Å². The molecule has 0 aliphatic heterocycles. The molecule has 2 heterocycles. The minimum absolute atomic E-state index is 0.805. The molecule has 0 saturated carbocycles. The van der Waals surface area contributed by atoms with Crippen LogP contribution in [0.3, 0.4) is 0 Å². The second-order valence-corrected chi connectivity index (χ2v) is 4.80. The summed E-state index contributed by atoms with van der Waals surface area (Å²) in [6.07, 6.45) is 3.85. The van der Waals surface area contributed by atoms with Crippen molar-refractivity contribution in [2.24, 2.45) is 0 Å². The van der Waals surface area contributed by atoms with E-state index in [0.717, 1.165) is 30.0 Å². The van der Waals surface area contributed by atoms with E-state index in [9.17, 15) is 0 Å². The number of anilines is 1. The molecule has 0 spiro atoms. The van der Waals surface area contributed by atoms with Crippen LogP contribution in [0.4, 0.5) is 5.69 Å². The van der Waals surface area contributed by atoms with E-state index in [1.807, 2.05) is 30.3 Å².